The Bertz CT molecular complexity index is 943. The van der Waals surface area contributed by atoms with Crippen LogP contribution in [-0.4, -0.2) is 39.2 Å². The summed E-state index contributed by atoms with van der Waals surface area (Å²) in [5, 5.41) is 7.59. The molecule has 0 aliphatic heterocycles. The van der Waals surface area contributed by atoms with Gasteiger partial charge in [-0.15, -0.1) is 0 Å². The average Bonchev–Trinajstić information content (AvgIpc) is 2.60. The third-order valence-electron chi connectivity index (χ3n) is 3.69. The minimum absolute atomic E-state index is 0.0449. The summed E-state index contributed by atoms with van der Waals surface area (Å²) in [5.74, 6) is -0.584. The molecule has 0 fully saturated rings. The quantitative estimate of drug-likeness (QED) is 0.801. The van der Waals surface area contributed by atoms with Crippen molar-refractivity contribution >= 4 is 33.4 Å². The first-order chi connectivity index (χ1) is 12.1. The highest BCUT2D eigenvalue weighted by molar-refractivity contribution is 7.89. The van der Waals surface area contributed by atoms with E-state index in [1.54, 1.807) is 38.4 Å². The van der Waals surface area contributed by atoms with Crippen LogP contribution in [0.25, 0.3) is 0 Å². The molecular formula is C17H18ClN3O4S. The lowest BCUT2D eigenvalue weighted by atomic mass is 10.1. The summed E-state index contributed by atoms with van der Waals surface area (Å²) in [7, 11) is -0.900. The van der Waals surface area contributed by atoms with Crippen LogP contribution >= 0.6 is 11.6 Å². The van der Waals surface area contributed by atoms with Gasteiger partial charge >= 0.3 is 0 Å². The minimum Gasteiger partial charge on any atom is -0.355 e. The molecule has 0 aliphatic rings. The van der Waals surface area contributed by atoms with E-state index in [0.29, 0.717) is 5.56 Å². The molecule has 2 aromatic rings. The molecule has 26 heavy (non-hydrogen) atoms. The first-order valence-corrected chi connectivity index (χ1v) is 9.44. The molecule has 0 heterocycles. The van der Waals surface area contributed by atoms with Crippen LogP contribution in [0.5, 0.6) is 0 Å². The second kappa shape index (κ2) is 7.86. The maximum Gasteiger partial charge on any atom is 0.253 e. The Morgan fingerprint density at radius 2 is 1.69 bits per heavy atom. The topological polar surface area (TPSA) is 110 Å². The van der Waals surface area contributed by atoms with E-state index in [1.165, 1.54) is 17.0 Å². The van der Waals surface area contributed by atoms with Crippen molar-refractivity contribution in [1.29, 1.82) is 0 Å². The van der Waals surface area contributed by atoms with Crippen molar-refractivity contribution in [3.8, 4) is 0 Å². The van der Waals surface area contributed by atoms with Crippen molar-refractivity contribution in [3.05, 3.63) is 64.2 Å². The zero-order chi connectivity index (χ0) is 19.5. The Hall–Kier alpha value is -2.42. The van der Waals surface area contributed by atoms with Crippen LogP contribution in [0.1, 0.15) is 26.3 Å². The van der Waals surface area contributed by atoms with E-state index >= 15 is 0 Å². The lowest BCUT2D eigenvalue weighted by Gasteiger charge is -2.18. The first kappa shape index (κ1) is 19.9. The number of primary sulfonamides is 1. The van der Waals surface area contributed by atoms with Crippen LogP contribution in [0.3, 0.4) is 0 Å². The van der Waals surface area contributed by atoms with Crippen molar-refractivity contribution < 1.29 is 18.0 Å². The third-order valence-corrected chi connectivity index (χ3v) is 5.09. The van der Waals surface area contributed by atoms with Crippen molar-refractivity contribution in [2.45, 2.75) is 11.4 Å². The van der Waals surface area contributed by atoms with Crippen LogP contribution < -0.4 is 10.5 Å². The summed E-state index contributed by atoms with van der Waals surface area (Å²) in [4.78, 5) is 25.2. The van der Waals surface area contributed by atoms with E-state index < -0.39 is 10.0 Å². The number of nitrogens with one attached hydrogen (secondary N) is 1. The molecule has 0 bridgehead atoms. The molecule has 0 unspecified atom stereocenters. The summed E-state index contributed by atoms with van der Waals surface area (Å²) < 4.78 is 23.1. The normalized spacial score (nSPS) is 11.1. The summed E-state index contributed by atoms with van der Waals surface area (Å²) in [6, 6.07) is 10.7. The average molecular weight is 396 g/mol. The second-order valence-electron chi connectivity index (χ2n) is 5.63. The van der Waals surface area contributed by atoms with Gasteiger partial charge in [0.25, 0.3) is 11.8 Å². The summed E-state index contributed by atoms with van der Waals surface area (Å²) in [6.07, 6.45) is 0. The number of rotatable bonds is 5. The number of sulfonamides is 1. The fourth-order valence-corrected chi connectivity index (χ4v) is 3.40. The van der Waals surface area contributed by atoms with E-state index in [1.807, 2.05) is 0 Å². The molecule has 2 rings (SSSR count). The van der Waals surface area contributed by atoms with E-state index in [9.17, 15) is 18.0 Å². The third kappa shape index (κ3) is 4.60. The van der Waals surface area contributed by atoms with Gasteiger partial charge in [-0.1, -0.05) is 23.7 Å². The maximum atomic E-state index is 12.5. The second-order valence-corrected chi connectivity index (χ2v) is 7.56. The van der Waals surface area contributed by atoms with Gasteiger partial charge in [-0.05, 0) is 35.9 Å². The molecule has 0 spiro atoms. The van der Waals surface area contributed by atoms with Crippen molar-refractivity contribution in [1.82, 2.24) is 10.2 Å². The summed E-state index contributed by atoms with van der Waals surface area (Å²) in [6.45, 7) is 0.278. The standard InChI is InChI=1S/C17H18ClN3O4S/c1-20-16(22)12-5-3-11(4-6-12)10-21(2)17(23)13-7-8-14(18)15(9-13)26(19,24)25/h3-9H,10H2,1-2H3,(H,20,22)(H2,19,24,25). The van der Waals surface area contributed by atoms with Gasteiger partial charge in [0.2, 0.25) is 10.0 Å². The number of benzene rings is 2. The zero-order valence-corrected chi connectivity index (χ0v) is 15.8. The molecule has 7 nitrogen and oxygen atoms in total. The molecule has 0 saturated heterocycles. The molecular weight excluding hydrogens is 378 g/mol. The van der Waals surface area contributed by atoms with Gasteiger partial charge in [0, 0.05) is 31.8 Å². The SMILES string of the molecule is CNC(=O)c1ccc(CN(C)C(=O)c2ccc(Cl)c(S(N)(=O)=O)c2)cc1. The van der Waals surface area contributed by atoms with Gasteiger partial charge in [-0.3, -0.25) is 9.59 Å². The number of nitrogens with two attached hydrogens (primary N) is 1. The number of amides is 2. The molecule has 0 atom stereocenters. The van der Waals surface area contributed by atoms with E-state index in [4.69, 9.17) is 16.7 Å². The van der Waals surface area contributed by atoms with E-state index in [2.05, 4.69) is 5.32 Å². The lowest BCUT2D eigenvalue weighted by molar-refractivity contribution is 0.0784. The molecule has 3 N–H and O–H groups in total. The predicted octanol–water partition coefficient (Wildman–Crippen LogP) is 1.62. The fraction of sp³-hybridized carbons (Fsp3) is 0.176. The Labute approximate surface area is 156 Å². The molecule has 138 valence electrons. The highest BCUT2D eigenvalue weighted by atomic mass is 35.5. The molecule has 0 saturated carbocycles. The van der Waals surface area contributed by atoms with Crippen LogP contribution in [0, 0.1) is 0 Å². The van der Waals surface area contributed by atoms with Crippen molar-refractivity contribution in [2.24, 2.45) is 5.14 Å². The van der Waals surface area contributed by atoms with Crippen LogP contribution in [0.2, 0.25) is 5.02 Å². The number of halogens is 1. The first-order valence-electron chi connectivity index (χ1n) is 7.52. The Morgan fingerprint density at radius 3 is 2.23 bits per heavy atom. The molecule has 0 aliphatic carbocycles. The highest BCUT2D eigenvalue weighted by Crippen LogP contribution is 2.22. The summed E-state index contributed by atoms with van der Waals surface area (Å²) in [5.41, 5.74) is 1.48. The number of carbonyl (C=O) groups excluding carboxylic acids is 2. The van der Waals surface area contributed by atoms with Crippen molar-refractivity contribution in [3.63, 3.8) is 0 Å². The van der Waals surface area contributed by atoms with Gasteiger partial charge < -0.3 is 10.2 Å². The predicted molar refractivity (Wildman–Crippen MR) is 98.5 cm³/mol. The molecule has 0 aromatic heterocycles. The minimum atomic E-state index is -4.03. The number of nitrogens with zero attached hydrogens (tertiary/aromatic N) is 1. The van der Waals surface area contributed by atoms with Gasteiger partial charge in [-0.2, -0.15) is 0 Å². The van der Waals surface area contributed by atoms with Crippen LogP contribution in [0.4, 0.5) is 0 Å². The van der Waals surface area contributed by atoms with E-state index in [0.717, 1.165) is 11.6 Å². The van der Waals surface area contributed by atoms with Gasteiger partial charge in [0.1, 0.15) is 4.90 Å². The van der Waals surface area contributed by atoms with Gasteiger partial charge in [0.15, 0.2) is 0 Å². The Morgan fingerprint density at radius 1 is 1.12 bits per heavy atom. The Kier molecular flexibility index (Phi) is 6.01. The maximum absolute atomic E-state index is 12.5. The highest BCUT2D eigenvalue weighted by Gasteiger charge is 2.18. The molecule has 2 amide bonds. The zero-order valence-electron chi connectivity index (χ0n) is 14.2. The lowest BCUT2D eigenvalue weighted by Crippen LogP contribution is -2.26. The van der Waals surface area contributed by atoms with Crippen molar-refractivity contribution in [2.75, 3.05) is 14.1 Å². The molecule has 0 radical (unpaired) electrons. The number of hydrogen-bond acceptors (Lipinski definition) is 4. The molecule has 2 aromatic carbocycles. The van der Waals surface area contributed by atoms with Gasteiger partial charge in [0.05, 0.1) is 5.02 Å². The Balaban J connectivity index is 2.19. The fourth-order valence-electron chi connectivity index (χ4n) is 2.33. The smallest absolute Gasteiger partial charge is 0.253 e. The monoisotopic (exact) mass is 395 g/mol. The number of carbonyl (C=O) groups is 2. The molecule has 9 heteroatoms. The summed E-state index contributed by atoms with van der Waals surface area (Å²) >= 11 is 5.83. The largest absolute Gasteiger partial charge is 0.355 e. The van der Waals surface area contributed by atoms with Crippen LogP contribution in [-0.2, 0) is 16.6 Å². The number of hydrogen-bond donors (Lipinski definition) is 2. The van der Waals surface area contributed by atoms with Crippen LogP contribution in [0.15, 0.2) is 47.4 Å². The van der Waals surface area contributed by atoms with Gasteiger partial charge in [-0.25, -0.2) is 13.6 Å². The van der Waals surface area contributed by atoms with E-state index in [-0.39, 0.29) is 33.8 Å².